The summed E-state index contributed by atoms with van der Waals surface area (Å²) in [6, 6.07) is 0.314. The second-order valence-electron chi connectivity index (χ2n) is 1.98. The van der Waals surface area contributed by atoms with Crippen molar-refractivity contribution in [2.45, 2.75) is 32.7 Å². The Balaban J connectivity index is 0. The molecule has 1 heterocycles. The SMILES string of the molecule is CC.CO.NC1CCCOC1. The minimum atomic E-state index is 0.314. The van der Waals surface area contributed by atoms with E-state index in [-0.39, 0.29) is 0 Å². The molecule has 0 bridgehead atoms. The standard InChI is InChI=1S/C5H11NO.C2H6.CH4O/c6-5-2-1-3-7-4-5;2*1-2/h5H,1-4,6H2;1-2H3;2H,1H3. The molecular formula is C8H21NO2. The molecule has 1 atom stereocenters. The topological polar surface area (TPSA) is 55.5 Å². The van der Waals surface area contributed by atoms with Crippen LogP contribution in [0.25, 0.3) is 0 Å². The number of nitrogens with two attached hydrogens (primary N) is 1. The van der Waals surface area contributed by atoms with Gasteiger partial charge in [0.25, 0.3) is 0 Å². The Hall–Kier alpha value is -0.120. The molecule has 3 nitrogen and oxygen atoms in total. The Morgan fingerprint density at radius 3 is 2.09 bits per heavy atom. The molecule has 1 saturated heterocycles. The minimum Gasteiger partial charge on any atom is -0.400 e. The van der Waals surface area contributed by atoms with Crippen molar-refractivity contribution in [1.29, 1.82) is 0 Å². The van der Waals surface area contributed by atoms with Crippen LogP contribution in [0.15, 0.2) is 0 Å². The average Bonchev–Trinajstić information content (AvgIpc) is 2.13. The molecule has 0 aromatic carbocycles. The van der Waals surface area contributed by atoms with Crippen LogP contribution in [0, 0.1) is 0 Å². The number of rotatable bonds is 0. The molecule has 0 spiro atoms. The summed E-state index contributed by atoms with van der Waals surface area (Å²) in [5.41, 5.74) is 5.51. The van der Waals surface area contributed by atoms with Gasteiger partial charge in [-0.1, -0.05) is 13.8 Å². The lowest BCUT2D eigenvalue weighted by Crippen LogP contribution is -2.30. The van der Waals surface area contributed by atoms with Crippen molar-refractivity contribution in [2.75, 3.05) is 20.3 Å². The van der Waals surface area contributed by atoms with E-state index in [9.17, 15) is 0 Å². The number of hydrogen-bond acceptors (Lipinski definition) is 3. The van der Waals surface area contributed by atoms with E-state index in [0.717, 1.165) is 33.2 Å². The summed E-state index contributed by atoms with van der Waals surface area (Å²) in [7, 11) is 1.00. The largest absolute Gasteiger partial charge is 0.400 e. The molecule has 3 heteroatoms. The first-order chi connectivity index (χ1) is 5.39. The minimum absolute atomic E-state index is 0.314. The summed E-state index contributed by atoms with van der Waals surface area (Å²) in [6.45, 7) is 5.67. The van der Waals surface area contributed by atoms with Crippen molar-refractivity contribution in [3.63, 3.8) is 0 Å². The van der Waals surface area contributed by atoms with Gasteiger partial charge in [0.1, 0.15) is 0 Å². The van der Waals surface area contributed by atoms with Gasteiger partial charge >= 0.3 is 0 Å². The molecule has 1 aliphatic rings. The van der Waals surface area contributed by atoms with Crippen molar-refractivity contribution in [3.05, 3.63) is 0 Å². The summed E-state index contributed by atoms with van der Waals surface area (Å²) in [4.78, 5) is 0. The van der Waals surface area contributed by atoms with Crippen molar-refractivity contribution >= 4 is 0 Å². The average molecular weight is 163 g/mol. The van der Waals surface area contributed by atoms with Crippen LogP contribution < -0.4 is 5.73 Å². The highest BCUT2D eigenvalue weighted by molar-refractivity contribution is 4.63. The summed E-state index contributed by atoms with van der Waals surface area (Å²) < 4.78 is 5.06. The molecule has 3 N–H and O–H groups in total. The summed E-state index contributed by atoms with van der Waals surface area (Å²) in [6.07, 6.45) is 2.28. The van der Waals surface area contributed by atoms with Crippen molar-refractivity contribution in [1.82, 2.24) is 0 Å². The van der Waals surface area contributed by atoms with E-state index in [4.69, 9.17) is 15.6 Å². The predicted octanol–water partition coefficient (Wildman–Crippen LogP) is 0.759. The molecule has 0 saturated carbocycles. The number of hydrogen-bond donors (Lipinski definition) is 2. The molecule has 1 fully saturated rings. The second kappa shape index (κ2) is 12.5. The molecule has 1 rings (SSSR count). The molecule has 70 valence electrons. The van der Waals surface area contributed by atoms with E-state index in [1.807, 2.05) is 13.8 Å². The van der Waals surface area contributed by atoms with Gasteiger partial charge in [0.05, 0.1) is 6.61 Å². The van der Waals surface area contributed by atoms with Gasteiger partial charge in [0, 0.05) is 19.8 Å². The molecule has 11 heavy (non-hydrogen) atoms. The zero-order valence-electron chi connectivity index (χ0n) is 7.84. The monoisotopic (exact) mass is 163 g/mol. The van der Waals surface area contributed by atoms with Crippen molar-refractivity contribution < 1.29 is 9.84 Å². The first-order valence-corrected chi connectivity index (χ1v) is 4.17. The van der Waals surface area contributed by atoms with Gasteiger partial charge in [-0.2, -0.15) is 0 Å². The van der Waals surface area contributed by atoms with Gasteiger partial charge < -0.3 is 15.6 Å². The normalized spacial score (nSPS) is 22.1. The lowest BCUT2D eigenvalue weighted by atomic mass is 10.1. The zero-order chi connectivity index (χ0) is 9.11. The van der Waals surface area contributed by atoms with E-state index in [1.54, 1.807) is 0 Å². The van der Waals surface area contributed by atoms with Crippen LogP contribution in [0.3, 0.4) is 0 Å². The third-order valence-electron chi connectivity index (χ3n) is 1.20. The molecule has 0 amide bonds. The number of ether oxygens (including phenoxy) is 1. The van der Waals surface area contributed by atoms with Gasteiger partial charge in [-0.15, -0.1) is 0 Å². The van der Waals surface area contributed by atoms with Gasteiger partial charge in [0.15, 0.2) is 0 Å². The quantitative estimate of drug-likeness (QED) is 0.554. The highest BCUT2D eigenvalue weighted by Gasteiger charge is 2.06. The second-order valence-corrected chi connectivity index (χ2v) is 1.98. The smallest absolute Gasteiger partial charge is 0.0617 e. The van der Waals surface area contributed by atoms with Crippen LogP contribution in [-0.4, -0.2) is 31.5 Å². The van der Waals surface area contributed by atoms with Crippen molar-refractivity contribution in [3.8, 4) is 0 Å². The Kier molecular flexibility index (Phi) is 15.4. The summed E-state index contributed by atoms with van der Waals surface area (Å²) in [5.74, 6) is 0. The fourth-order valence-electron chi connectivity index (χ4n) is 0.766. The predicted molar refractivity (Wildman–Crippen MR) is 47.5 cm³/mol. The van der Waals surface area contributed by atoms with E-state index in [1.165, 1.54) is 0 Å². The van der Waals surface area contributed by atoms with E-state index >= 15 is 0 Å². The zero-order valence-corrected chi connectivity index (χ0v) is 7.84. The van der Waals surface area contributed by atoms with E-state index < -0.39 is 0 Å². The highest BCUT2D eigenvalue weighted by atomic mass is 16.5. The first kappa shape index (κ1) is 13.5. The Labute approximate surface area is 69.5 Å². The molecule has 0 radical (unpaired) electrons. The highest BCUT2D eigenvalue weighted by Crippen LogP contribution is 2.01. The van der Waals surface area contributed by atoms with Gasteiger partial charge in [-0.3, -0.25) is 0 Å². The fourth-order valence-corrected chi connectivity index (χ4v) is 0.766. The van der Waals surface area contributed by atoms with Crippen LogP contribution in [0.4, 0.5) is 0 Å². The van der Waals surface area contributed by atoms with Crippen LogP contribution in [0.1, 0.15) is 26.7 Å². The van der Waals surface area contributed by atoms with E-state index in [0.29, 0.717) is 6.04 Å². The molecule has 1 unspecified atom stereocenters. The lowest BCUT2D eigenvalue weighted by Gasteiger charge is -2.16. The first-order valence-electron chi connectivity index (χ1n) is 4.17. The van der Waals surface area contributed by atoms with Gasteiger partial charge in [-0.05, 0) is 12.8 Å². The Morgan fingerprint density at radius 1 is 1.36 bits per heavy atom. The molecule has 1 aliphatic heterocycles. The van der Waals surface area contributed by atoms with Crippen molar-refractivity contribution in [2.24, 2.45) is 5.73 Å². The maximum Gasteiger partial charge on any atom is 0.0617 e. The van der Waals surface area contributed by atoms with E-state index in [2.05, 4.69) is 0 Å². The molecule has 0 aliphatic carbocycles. The summed E-state index contributed by atoms with van der Waals surface area (Å²) >= 11 is 0. The third kappa shape index (κ3) is 9.88. The van der Waals surface area contributed by atoms with Crippen LogP contribution in [0.5, 0.6) is 0 Å². The van der Waals surface area contributed by atoms with Crippen LogP contribution >= 0.6 is 0 Å². The Morgan fingerprint density at radius 2 is 1.91 bits per heavy atom. The maximum absolute atomic E-state index is 7.00. The van der Waals surface area contributed by atoms with Crippen LogP contribution in [-0.2, 0) is 4.74 Å². The third-order valence-corrected chi connectivity index (χ3v) is 1.20. The number of aliphatic hydroxyl groups is 1. The van der Waals surface area contributed by atoms with Gasteiger partial charge in [0.2, 0.25) is 0 Å². The number of aliphatic hydroxyl groups excluding tert-OH is 1. The Bertz CT molecular complexity index is 54.1. The molecular weight excluding hydrogens is 142 g/mol. The molecule has 0 aromatic heterocycles. The summed E-state index contributed by atoms with van der Waals surface area (Å²) in [5, 5.41) is 7.00. The van der Waals surface area contributed by atoms with Gasteiger partial charge in [-0.25, -0.2) is 0 Å². The fraction of sp³-hybridized carbons (Fsp3) is 1.00. The lowest BCUT2D eigenvalue weighted by molar-refractivity contribution is 0.0822. The van der Waals surface area contributed by atoms with Crippen LogP contribution in [0.2, 0.25) is 0 Å². The molecule has 0 aromatic rings. The maximum atomic E-state index is 7.00.